The van der Waals surface area contributed by atoms with Crippen molar-refractivity contribution in [3.63, 3.8) is 0 Å². The Morgan fingerprint density at radius 1 is 1.41 bits per heavy atom. The molecular formula is C12H16N4O. The Morgan fingerprint density at radius 2 is 2.29 bits per heavy atom. The van der Waals surface area contributed by atoms with E-state index in [4.69, 9.17) is 4.74 Å². The van der Waals surface area contributed by atoms with Gasteiger partial charge in [0.25, 0.3) is 0 Å². The summed E-state index contributed by atoms with van der Waals surface area (Å²) in [6.07, 6.45) is 6.21. The molecule has 0 aromatic carbocycles. The standard InChI is InChI=1S/C12H16N4O/c1-3-9(11-14-7-8-15-11)16-12-10(17-2)5-4-6-13-12/h4-9H,3H2,1-2H3,(H,13,16)(H,14,15). The third-order valence-corrected chi connectivity index (χ3v) is 2.56. The maximum atomic E-state index is 5.25. The van der Waals surface area contributed by atoms with Gasteiger partial charge in [-0.25, -0.2) is 9.97 Å². The largest absolute Gasteiger partial charge is 0.493 e. The minimum absolute atomic E-state index is 0.105. The SMILES string of the molecule is CCC(Nc1ncccc1OC)c1ncc[nH]1. The zero-order valence-corrected chi connectivity index (χ0v) is 9.97. The summed E-state index contributed by atoms with van der Waals surface area (Å²) in [5.41, 5.74) is 0. The molecule has 0 aliphatic carbocycles. The molecule has 17 heavy (non-hydrogen) atoms. The molecule has 2 heterocycles. The highest BCUT2D eigenvalue weighted by Crippen LogP contribution is 2.25. The number of imidazole rings is 1. The second kappa shape index (κ2) is 5.34. The fourth-order valence-electron chi connectivity index (χ4n) is 1.66. The van der Waals surface area contributed by atoms with Crippen LogP contribution in [-0.4, -0.2) is 22.1 Å². The molecule has 1 unspecified atom stereocenters. The van der Waals surface area contributed by atoms with Crippen LogP contribution >= 0.6 is 0 Å². The van der Waals surface area contributed by atoms with Gasteiger partial charge in [-0.3, -0.25) is 0 Å². The zero-order valence-electron chi connectivity index (χ0n) is 9.97. The summed E-state index contributed by atoms with van der Waals surface area (Å²) < 4.78 is 5.25. The van der Waals surface area contributed by atoms with Crippen LogP contribution in [0.3, 0.4) is 0 Å². The topological polar surface area (TPSA) is 62.8 Å². The van der Waals surface area contributed by atoms with Crippen molar-refractivity contribution in [3.8, 4) is 5.75 Å². The van der Waals surface area contributed by atoms with E-state index in [9.17, 15) is 0 Å². The number of nitrogens with one attached hydrogen (secondary N) is 2. The van der Waals surface area contributed by atoms with Crippen molar-refractivity contribution in [3.05, 3.63) is 36.5 Å². The normalized spacial score (nSPS) is 12.1. The molecule has 5 nitrogen and oxygen atoms in total. The summed E-state index contributed by atoms with van der Waals surface area (Å²) in [5, 5.41) is 3.32. The van der Waals surface area contributed by atoms with Crippen LogP contribution in [-0.2, 0) is 0 Å². The van der Waals surface area contributed by atoms with Crippen LogP contribution in [0.2, 0.25) is 0 Å². The number of aromatic nitrogens is 3. The quantitative estimate of drug-likeness (QED) is 0.830. The number of hydrogen-bond donors (Lipinski definition) is 2. The van der Waals surface area contributed by atoms with Gasteiger partial charge in [0.2, 0.25) is 0 Å². The fraction of sp³-hybridized carbons (Fsp3) is 0.333. The van der Waals surface area contributed by atoms with Crippen LogP contribution in [0.5, 0.6) is 5.75 Å². The molecule has 5 heteroatoms. The molecule has 90 valence electrons. The summed E-state index contributed by atoms with van der Waals surface area (Å²) in [6.45, 7) is 2.09. The average molecular weight is 232 g/mol. The van der Waals surface area contributed by atoms with Gasteiger partial charge >= 0.3 is 0 Å². The Labute approximate surface area is 100 Å². The lowest BCUT2D eigenvalue weighted by atomic mass is 10.2. The molecule has 0 saturated carbocycles. The van der Waals surface area contributed by atoms with Gasteiger partial charge in [0, 0.05) is 18.6 Å². The van der Waals surface area contributed by atoms with E-state index >= 15 is 0 Å². The predicted molar refractivity (Wildman–Crippen MR) is 66.0 cm³/mol. The van der Waals surface area contributed by atoms with Gasteiger partial charge in [0.05, 0.1) is 13.2 Å². The second-order valence-electron chi connectivity index (χ2n) is 3.63. The first-order valence-corrected chi connectivity index (χ1v) is 5.60. The average Bonchev–Trinajstić information content (AvgIpc) is 2.90. The Morgan fingerprint density at radius 3 is 2.94 bits per heavy atom. The number of methoxy groups -OCH3 is 1. The minimum atomic E-state index is 0.105. The molecule has 2 N–H and O–H groups in total. The van der Waals surface area contributed by atoms with Crippen LogP contribution < -0.4 is 10.1 Å². The highest BCUT2D eigenvalue weighted by molar-refractivity contribution is 5.50. The van der Waals surface area contributed by atoms with E-state index in [0.717, 1.165) is 23.8 Å². The summed E-state index contributed by atoms with van der Waals surface area (Å²) >= 11 is 0. The lowest BCUT2D eigenvalue weighted by Gasteiger charge is -2.16. The number of anilines is 1. The van der Waals surface area contributed by atoms with E-state index in [-0.39, 0.29) is 6.04 Å². The molecule has 0 aliphatic rings. The molecule has 2 aromatic heterocycles. The molecule has 2 rings (SSSR count). The van der Waals surface area contributed by atoms with Crippen LogP contribution in [0.4, 0.5) is 5.82 Å². The highest BCUT2D eigenvalue weighted by atomic mass is 16.5. The highest BCUT2D eigenvalue weighted by Gasteiger charge is 2.14. The lowest BCUT2D eigenvalue weighted by molar-refractivity contribution is 0.414. The van der Waals surface area contributed by atoms with Gasteiger partial charge in [-0.05, 0) is 18.6 Å². The number of pyridine rings is 1. The summed E-state index contributed by atoms with van der Waals surface area (Å²) in [7, 11) is 1.63. The van der Waals surface area contributed by atoms with Gasteiger partial charge in [-0.1, -0.05) is 6.92 Å². The monoisotopic (exact) mass is 232 g/mol. The number of H-pyrrole nitrogens is 1. The molecular weight excluding hydrogens is 216 g/mol. The van der Waals surface area contributed by atoms with Crippen molar-refractivity contribution in [1.82, 2.24) is 15.0 Å². The number of hydrogen-bond acceptors (Lipinski definition) is 4. The molecule has 0 aliphatic heterocycles. The first kappa shape index (κ1) is 11.4. The van der Waals surface area contributed by atoms with E-state index in [2.05, 4.69) is 27.2 Å². The Kier molecular flexibility index (Phi) is 3.59. The summed E-state index contributed by atoms with van der Waals surface area (Å²) in [6, 6.07) is 3.83. The molecule has 0 fully saturated rings. The van der Waals surface area contributed by atoms with Crippen molar-refractivity contribution in [2.75, 3.05) is 12.4 Å². The lowest BCUT2D eigenvalue weighted by Crippen LogP contribution is -2.13. The van der Waals surface area contributed by atoms with Crippen molar-refractivity contribution in [1.29, 1.82) is 0 Å². The van der Waals surface area contributed by atoms with E-state index in [0.29, 0.717) is 0 Å². The van der Waals surface area contributed by atoms with Gasteiger partial charge in [0.1, 0.15) is 5.82 Å². The fourth-order valence-corrected chi connectivity index (χ4v) is 1.66. The van der Waals surface area contributed by atoms with Gasteiger partial charge < -0.3 is 15.0 Å². The van der Waals surface area contributed by atoms with Gasteiger partial charge in [-0.15, -0.1) is 0 Å². The molecule has 0 radical (unpaired) electrons. The van der Waals surface area contributed by atoms with E-state index in [1.807, 2.05) is 18.3 Å². The minimum Gasteiger partial charge on any atom is -0.493 e. The molecule has 0 saturated heterocycles. The van der Waals surface area contributed by atoms with Crippen molar-refractivity contribution >= 4 is 5.82 Å². The smallest absolute Gasteiger partial charge is 0.169 e. The van der Waals surface area contributed by atoms with Crippen LogP contribution in [0.1, 0.15) is 25.2 Å². The number of nitrogens with zero attached hydrogens (tertiary/aromatic N) is 2. The molecule has 0 bridgehead atoms. The molecule has 0 amide bonds. The Bertz CT molecular complexity index is 455. The van der Waals surface area contributed by atoms with Crippen LogP contribution in [0, 0.1) is 0 Å². The third-order valence-electron chi connectivity index (χ3n) is 2.56. The van der Waals surface area contributed by atoms with Crippen molar-refractivity contribution in [2.45, 2.75) is 19.4 Å². The van der Waals surface area contributed by atoms with E-state index < -0.39 is 0 Å². The number of ether oxygens (including phenoxy) is 1. The first-order chi connectivity index (χ1) is 8.35. The second-order valence-corrected chi connectivity index (χ2v) is 3.63. The number of rotatable bonds is 5. The molecule has 1 atom stereocenters. The van der Waals surface area contributed by atoms with Crippen LogP contribution in [0.25, 0.3) is 0 Å². The van der Waals surface area contributed by atoms with E-state index in [1.165, 1.54) is 0 Å². The van der Waals surface area contributed by atoms with Gasteiger partial charge in [0.15, 0.2) is 11.6 Å². The van der Waals surface area contributed by atoms with E-state index in [1.54, 1.807) is 19.5 Å². The predicted octanol–water partition coefficient (Wildman–Crippen LogP) is 2.38. The van der Waals surface area contributed by atoms with Gasteiger partial charge in [-0.2, -0.15) is 0 Å². The van der Waals surface area contributed by atoms with Crippen molar-refractivity contribution in [2.24, 2.45) is 0 Å². The van der Waals surface area contributed by atoms with Crippen molar-refractivity contribution < 1.29 is 4.74 Å². The number of aromatic amines is 1. The summed E-state index contributed by atoms with van der Waals surface area (Å²) in [5.74, 6) is 2.37. The Balaban J connectivity index is 2.18. The Hall–Kier alpha value is -2.04. The maximum absolute atomic E-state index is 5.25. The molecule has 0 spiro atoms. The molecule has 2 aromatic rings. The third kappa shape index (κ3) is 2.55. The van der Waals surface area contributed by atoms with Crippen LogP contribution in [0.15, 0.2) is 30.7 Å². The zero-order chi connectivity index (χ0) is 12.1. The maximum Gasteiger partial charge on any atom is 0.169 e. The first-order valence-electron chi connectivity index (χ1n) is 5.60. The summed E-state index contributed by atoms with van der Waals surface area (Å²) in [4.78, 5) is 11.6.